The normalized spacial score (nSPS) is 13.6. The summed E-state index contributed by atoms with van der Waals surface area (Å²) in [7, 11) is 1.60. The number of H-pyrrole nitrogens is 1. The van der Waals surface area contributed by atoms with Gasteiger partial charge in [0.15, 0.2) is 0 Å². The van der Waals surface area contributed by atoms with Crippen molar-refractivity contribution in [1.82, 2.24) is 9.88 Å². The van der Waals surface area contributed by atoms with Crippen molar-refractivity contribution >= 4 is 22.6 Å². The molecule has 0 bridgehead atoms. The molecular weight excluding hydrogens is 321 g/mol. The van der Waals surface area contributed by atoms with E-state index < -0.39 is 0 Å². The quantitative estimate of drug-likeness (QED) is 0.744. The average Bonchev–Trinajstić information content (AvgIpc) is 2.99. The van der Waals surface area contributed by atoms with Gasteiger partial charge in [-0.05, 0) is 42.5 Å². The average molecular weight is 339 g/mol. The van der Waals surface area contributed by atoms with E-state index in [1.165, 1.54) is 12.1 Å². The molecule has 2 heterocycles. The molecule has 2 aromatic carbocycles. The molecule has 2 amide bonds. The molecule has 6 heteroatoms. The molecule has 2 N–H and O–H groups in total. The lowest BCUT2D eigenvalue weighted by molar-refractivity contribution is 0.206. The van der Waals surface area contributed by atoms with E-state index in [1.54, 1.807) is 42.3 Å². The third-order valence-electron chi connectivity index (χ3n) is 4.57. The molecule has 0 fully saturated rings. The Morgan fingerprint density at radius 2 is 2.04 bits per heavy atom. The molecule has 0 unspecified atom stereocenters. The van der Waals surface area contributed by atoms with Gasteiger partial charge in [0.05, 0.1) is 7.11 Å². The van der Waals surface area contributed by atoms with Crippen molar-refractivity contribution in [2.75, 3.05) is 19.0 Å². The summed E-state index contributed by atoms with van der Waals surface area (Å²) in [5, 5.41) is 3.74. The number of aromatic amines is 1. The van der Waals surface area contributed by atoms with Crippen LogP contribution in [-0.2, 0) is 13.0 Å². The number of fused-ring (bicyclic) bond motifs is 3. The first-order valence-corrected chi connectivity index (χ1v) is 8.13. The number of ether oxygens (including phenoxy) is 1. The maximum absolute atomic E-state index is 13.6. The zero-order valence-electron chi connectivity index (χ0n) is 13.8. The predicted molar refractivity (Wildman–Crippen MR) is 94.4 cm³/mol. The number of hydrogen-bond donors (Lipinski definition) is 2. The molecule has 0 spiro atoms. The fourth-order valence-electron chi connectivity index (χ4n) is 3.24. The number of carbonyl (C=O) groups is 1. The number of hydrogen-bond acceptors (Lipinski definition) is 2. The Balaban J connectivity index is 1.53. The maximum atomic E-state index is 13.6. The summed E-state index contributed by atoms with van der Waals surface area (Å²) in [6.45, 7) is 1.07. The monoisotopic (exact) mass is 339 g/mol. The highest BCUT2D eigenvalue weighted by atomic mass is 19.1. The molecule has 1 aromatic heterocycles. The van der Waals surface area contributed by atoms with Crippen LogP contribution in [0.15, 0.2) is 42.5 Å². The van der Waals surface area contributed by atoms with E-state index in [1.807, 2.05) is 0 Å². The molecule has 4 rings (SSSR count). The molecule has 0 aliphatic carbocycles. The zero-order chi connectivity index (χ0) is 17.4. The number of nitrogens with one attached hydrogen (secondary N) is 2. The Hall–Kier alpha value is -3.02. The summed E-state index contributed by atoms with van der Waals surface area (Å²) in [5.41, 5.74) is 3.69. The molecule has 0 saturated carbocycles. The van der Waals surface area contributed by atoms with E-state index in [9.17, 15) is 9.18 Å². The second-order valence-electron chi connectivity index (χ2n) is 6.10. The summed E-state index contributed by atoms with van der Waals surface area (Å²) < 4.78 is 18.7. The van der Waals surface area contributed by atoms with Crippen LogP contribution in [0.3, 0.4) is 0 Å². The van der Waals surface area contributed by atoms with Gasteiger partial charge in [-0.1, -0.05) is 0 Å². The van der Waals surface area contributed by atoms with E-state index >= 15 is 0 Å². The van der Waals surface area contributed by atoms with Gasteiger partial charge in [-0.15, -0.1) is 0 Å². The van der Waals surface area contributed by atoms with Crippen LogP contribution in [0.5, 0.6) is 5.75 Å². The van der Waals surface area contributed by atoms with Crippen LogP contribution in [0.1, 0.15) is 11.3 Å². The molecule has 25 heavy (non-hydrogen) atoms. The highest BCUT2D eigenvalue weighted by Gasteiger charge is 2.24. The number of rotatable bonds is 2. The van der Waals surface area contributed by atoms with Crippen LogP contribution >= 0.6 is 0 Å². The number of amides is 2. The fourth-order valence-corrected chi connectivity index (χ4v) is 3.24. The van der Waals surface area contributed by atoms with Crippen molar-refractivity contribution in [2.24, 2.45) is 0 Å². The standard InChI is InChI=1S/C19H18FN3O2/c1-25-14-5-3-13(4-6-14)21-19(24)23-9-8-18-16(11-23)15-10-12(20)2-7-17(15)22-18/h2-7,10,22H,8-9,11H2,1H3,(H,21,24). The molecule has 5 nitrogen and oxygen atoms in total. The van der Waals surface area contributed by atoms with Crippen molar-refractivity contribution in [1.29, 1.82) is 0 Å². The molecular formula is C19H18FN3O2. The van der Waals surface area contributed by atoms with E-state index in [2.05, 4.69) is 10.3 Å². The van der Waals surface area contributed by atoms with Crippen LogP contribution in [0.4, 0.5) is 14.9 Å². The zero-order valence-corrected chi connectivity index (χ0v) is 13.8. The van der Waals surface area contributed by atoms with Crippen LogP contribution in [0.25, 0.3) is 10.9 Å². The number of benzene rings is 2. The van der Waals surface area contributed by atoms with E-state index in [0.717, 1.165) is 34.3 Å². The third kappa shape index (κ3) is 2.91. The van der Waals surface area contributed by atoms with Crippen LogP contribution in [0.2, 0.25) is 0 Å². The number of methoxy groups -OCH3 is 1. The first-order chi connectivity index (χ1) is 12.1. The van der Waals surface area contributed by atoms with Crippen molar-refractivity contribution in [2.45, 2.75) is 13.0 Å². The van der Waals surface area contributed by atoms with Gasteiger partial charge in [0.2, 0.25) is 0 Å². The lowest BCUT2D eigenvalue weighted by Crippen LogP contribution is -2.38. The topological polar surface area (TPSA) is 57.4 Å². The molecule has 1 aliphatic rings. The molecule has 0 radical (unpaired) electrons. The second kappa shape index (κ2) is 6.12. The lowest BCUT2D eigenvalue weighted by Gasteiger charge is -2.27. The van der Waals surface area contributed by atoms with Crippen LogP contribution < -0.4 is 10.1 Å². The number of urea groups is 1. The van der Waals surface area contributed by atoms with E-state index in [-0.39, 0.29) is 11.8 Å². The number of carbonyl (C=O) groups excluding carboxylic acids is 1. The lowest BCUT2D eigenvalue weighted by atomic mass is 10.0. The summed E-state index contributed by atoms with van der Waals surface area (Å²) in [6, 6.07) is 11.7. The first kappa shape index (κ1) is 15.5. The van der Waals surface area contributed by atoms with Crippen molar-refractivity contribution in [3.8, 4) is 5.75 Å². The smallest absolute Gasteiger partial charge is 0.322 e. The highest BCUT2D eigenvalue weighted by molar-refractivity contribution is 5.91. The van der Waals surface area contributed by atoms with Crippen molar-refractivity contribution in [3.63, 3.8) is 0 Å². The number of aromatic nitrogens is 1. The molecule has 0 saturated heterocycles. The Labute approximate surface area is 144 Å². The van der Waals surface area contributed by atoms with Crippen molar-refractivity contribution < 1.29 is 13.9 Å². The van der Waals surface area contributed by atoms with Gasteiger partial charge < -0.3 is 19.9 Å². The van der Waals surface area contributed by atoms with Crippen LogP contribution in [0, 0.1) is 5.82 Å². The summed E-state index contributed by atoms with van der Waals surface area (Å²) >= 11 is 0. The molecule has 1 aliphatic heterocycles. The van der Waals surface area contributed by atoms with Crippen LogP contribution in [-0.4, -0.2) is 29.6 Å². The molecule has 3 aromatic rings. The van der Waals surface area contributed by atoms with Crippen molar-refractivity contribution in [3.05, 3.63) is 59.5 Å². The van der Waals surface area contributed by atoms with E-state index in [4.69, 9.17) is 4.74 Å². The predicted octanol–water partition coefficient (Wildman–Crippen LogP) is 3.91. The minimum Gasteiger partial charge on any atom is -0.497 e. The summed E-state index contributed by atoms with van der Waals surface area (Å²) in [6.07, 6.45) is 0.724. The van der Waals surface area contributed by atoms with Gasteiger partial charge in [0.1, 0.15) is 11.6 Å². The molecule has 0 atom stereocenters. The maximum Gasteiger partial charge on any atom is 0.322 e. The molecule has 128 valence electrons. The minimum absolute atomic E-state index is 0.165. The van der Waals surface area contributed by atoms with Gasteiger partial charge in [-0.25, -0.2) is 9.18 Å². The Kier molecular flexibility index (Phi) is 3.80. The first-order valence-electron chi connectivity index (χ1n) is 8.13. The summed E-state index contributed by atoms with van der Waals surface area (Å²) in [5.74, 6) is 0.468. The Morgan fingerprint density at radius 1 is 1.24 bits per heavy atom. The Morgan fingerprint density at radius 3 is 2.80 bits per heavy atom. The van der Waals surface area contributed by atoms with Gasteiger partial charge in [-0.2, -0.15) is 0 Å². The van der Waals surface area contributed by atoms with Gasteiger partial charge in [-0.3, -0.25) is 0 Å². The second-order valence-corrected chi connectivity index (χ2v) is 6.10. The van der Waals surface area contributed by atoms with Gasteiger partial charge >= 0.3 is 6.03 Å². The number of nitrogens with zero attached hydrogens (tertiary/aromatic N) is 1. The third-order valence-corrected chi connectivity index (χ3v) is 4.57. The fraction of sp³-hybridized carbons (Fsp3) is 0.211. The SMILES string of the molecule is COc1ccc(NC(=O)N2CCc3[nH]c4ccc(F)cc4c3C2)cc1. The Bertz CT molecular complexity index is 934. The van der Waals surface area contributed by atoms with Gasteiger partial charge in [0.25, 0.3) is 0 Å². The number of halogens is 1. The minimum atomic E-state index is -0.269. The highest BCUT2D eigenvalue weighted by Crippen LogP contribution is 2.28. The van der Waals surface area contributed by atoms with E-state index in [0.29, 0.717) is 18.8 Å². The largest absolute Gasteiger partial charge is 0.497 e. The van der Waals surface area contributed by atoms with Gasteiger partial charge in [0, 0.05) is 47.4 Å². The summed E-state index contributed by atoms with van der Waals surface area (Å²) in [4.78, 5) is 17.6. The number of anilines is 1.